The van der Waals surface area contributed by atoms with Crippen LogP contribution >= 0.6 is 0 Å². The molecule has 0 radical (unpaired) electrons. The number of ether oxygens (including phenoxy) is 4. The van der Waals surface area contributed by atoms with Crippen LogP contribution in [0.4, 0.5) is 0 Å². The number of aliphatic hydroxyl groups excluding tert-OH is 1. The van der Waals surface area contributed by atoms with Crippen LogP contribution in [-0.4, -0.2) is 58.9 Å². The maximum atomic E-state index is 14.5. The Balaban J connectivity index is 1.34. The maximum absolute atomic E-state index is 14.5. The van der Waals surface area contributed by atoms with Gasteiger partial charge in [0.05, 0.1) is 35.6 Å². The van der Waals surface area contributed by atoms with Gasteiger partial charge in [-0.05, 0) is 51.5 Å². The van der Waals surface area contributed by atoms with Crippen molar-refractivity contribution in [2.75, 3.05) is 6.61 Å². The van der Waals surface area contributed by atoms with Crippen molar-refractivity contribution in [2.45, 2.75) is 102 Å². The molecule has 3 saturated carbocycles. The van der Waals surface area contributed by atoms with Gasteiger partial charge in [0.15, 0.2) is 11.9 Å². The number of Topliss-reactive ketones (excluding diaryl/α,β-unsaturated/α-hetero) is 1. The van der Waals surface area contributed by atoms with Crippen LogP contribution in [0.1, 0.15) is 77.9 Å². The zero-order valence-electron chi connectivity index (χ0n) is 22.9. The second kappa shape index (κ2) is 6.97. The minimum Gasteiger partial charge on any atom is -0.472 e. The average molecular weight is 541 g/mol. The number of carbonyl (C=O) groups is 3. The molecule has 4 aliphatic heterocycles. The number of hydrogen-bond donors (Lipinski definition) is 1. The first-order valence-electron chi connectivity index (χ1n) is 14.4. The van der Waals surface area contributed by atoms with Gasteiger partial charge >= 0.3 is 11.9 Å². The van der Waals surface area contributed by atoms with Gasteiger partial charge in [-0.25, -0.2) is 4.79 Å². The topological polar surface area (TPSA) is 125 Å². The lowest BCUT2D eigenvalue weighted by atomic mass is 9.35. The number of hydrogen-bond acceptors (Lipinski definition) is 9. The summed E-state index contributed by atoms with van der Waals surface area (Å²) in [7, 11) is 0. The van der Waals surface area contributed by atoms with Crippen molar-refractivity contribution in [3.8, 4) is 0 Å². The van der Waals surface area contributed by atoms with Crippen molar-refractivity contribution in [3.63, 3.8) is 0 Å². The third kappa shape index (κ3) is 2.35. The molecule has 39 heavy (non-hydrogen) atoms. The Bertz CT molecular complexity index is 1300. The lowest BCUT2D eigenvalue weighted by Gasteiger charge is -2.67. The molecule has 0 amide bonds. The van der Waals surface area contributed by atoms with Crippen LogP contribution in [0.5, 0.6) is 0 Å². The van der Waals surface area contributed by atoms with Gasteiger partial charge in [0, 0.05) is 21.8 Å². The molecule has 10 atom stereocenters. The van der Waals surface area contributed by atoms with Crippen LogP contribution in [0.15, 0.2) is 23.0 Å². The number of esters is 2. The van der Waals surface area contributed by atoms with Crippen LogP contribution in [0.2, 0.25) is 0 Å². The third-order valence-electron chi connectivity index (χ3n) is 12.6. The van der Waals surface area contributed by atoms with E-state index in [1.807, 2.05) is 27.7 Å². The number of rotatable bonds is 1. The highest BCUT2D eigenvalue weighted by Crippen LogP contribution is 2.81. The standard InChI is InChI=1S/C30H36O9/c1-25(2)18-17(31)19(32)27(4)16(29(18)14-36-24(34)28(23(29)39-25)9-5-6-10-28)7-11-26(3)20(15-8-12-35-13-15)37-22(33)21-30(26,27)38-21/h8,12-13,16,18-21,23,32H,5-7,9-11,14H2,1-4H3/t16-,18+,19+,20-,21+,23-,26-,27-,29+,30+/m0/s1. The highest BCUT2D eigenvalue weighted by molar-refractivity contribution is 5.92. The fourth-order valence-electron chi connectivity index (χ4n) is 11.3. The SMILES string of the molecule is CC1(C)O[C@H]2C3(CCCC3)C(=O)OC[C@@]23[C@@H]1C(=O)[C@@H](O)[C@]1(C)[C@@H]3CC[C@@]2(C)[C@H](c3ccoc3)OC(=O)[C@H]3O[C@@]312. The Morgan fingerprint density at radius 1 is 0.974 bits per heavy atom. The molecule has 9 heteroatoms. The fraction of sp³-hybridized carbons (Fsp3) is 0.767. The number of fused-ring (bicyclic) bond motifs is 2. The summed E-state index contributed by atoms with van der Waals surface area (Å²) < 4.78 is 30.7. The molecule has 0 aromatic carbocycles. The summed E-state index contributed by atoms with van der Waals surface area (Å²) in [6, 6.07) is 1.79. The number of epoxide rings is 1. The summed E-state index contributed by atoms with van der Waals surface area (Å²) in [5.41, 5.74) is -4.77. The van der Waals surface area contributed by atoms with E-state index in [0.29, 0.717) is 25.7 Å². The van der Waals surface area contributed by atoms with Crippen LogP contribution in [-0.2, 0) is 33.3 Å². The molecule has 1 N–H and O–H groups in total. The molecule has 3 aliphatic carbocycles. The van der Waals surface area contributed by atoms with E-state index < -0.39 is 69.2 Å². The molecule has 1 aromatic heterocycles. The molecule has 3 spiro atoms. The van der Waals surface area contributed by atoms with E-state index in [9.17, 15) is 19.5 Å². The van der Waals surface area contributed by atoms with E-state index in [1.165, 1.54) is 0 Å². The predicted molar refractivity (Wildman–Crippen MR) is 132 cm³/mol. The van der Waals surface area contributed by atoms with Gasteiger partial charge in [-0.1, -0.05) is 26.7 Å². The van der Waals surface area contributed by atoms with Crippen molar-refractivity contribution in [2.24, 2.45) is 33.5 Å². The zero-order valence-corrected chi connectivity index (χ0v) is 22.9. The first kappa shape index (κ1) is 24.6. The quantitative estimate of drug-likeness (QED) is 0.422. The molecule has 8 rings (SSSR count). The first-order chi connectivity index (χ1) is 18.4. The van der Waals surface area contributed by atoms with Gasteiger partial charge in [0.1, 0.15) is 24.4 Å². The lowest BCUT2D eigenvalue weighted by molar-refractivity contribution is -0.264. The fourth-order valence-corrected chi connectivity index (χ4v) is 11.3. The van der Waals surface area contributed by atoms with Crippen LogP contribution in [0, 0.1) is 33.5 Å². The molecule has 4 saturated heterocycles. The van der Waals surface area contributed by atoms with E-state index in [1.54, 1.807) is 18.6 Å². The Kier molecular flexibility index (Phi) is 4.39. The van der Waals surface area contributed by atoms with E-state index in [0.717, 1.165) is 18.4 Å². The van der Waals surface area contributed by atoms with Gasteiger partial charge in [-0.15, -0.1) is 0 Å². The highest BCUT2D eigenvalue weighted by atomic mass is 16.7. The molecule has 7 aliphatic rings. The largest absolute Gasteiger partial charge is 0.472 e. The number of furan rings is 1. The molecular weight excluding hydrogens is 504 g/mol. The molecule has 0 bridgehead atoms. The lowest BCUT2D eigenvalue weighted by Crippen LogP contribution is -2.77. The Morgan fingerprint density at radius 2 is 1.72 bits per heavy atom. The Morgan fingerprint density at radius 3 is 2.41 bits per heavy atom. The Labute approximate surface area is 226 Å². The number of cyclic esters (lactones) is 2. The van der Waals surface area contributed by atoms with Crippen molar-refractivity contribution in [3.05, 3.63) is 24.2 Å². The summed E-state index contributed by atoms with van der Waals surface area (Å²) in [4.78, 5) is 41.3. The second-order valence-corrected chi connectivity index (χ2v) is 14.3. The minimum absolute atomic E-state index is 0.0676. The van der Waals surface area contributed by atoms with Crippen molar-refractivity contribution < 1.29 is 42.9 Å². The number of aliphatic hydroxyl groups is 1. The number of carbonyl (C=O) groups excluding carboxylic acids is 3. The highest BCUT2D eigenvalue weighted by Gasteiger charge is 2.91. The molecule has 7 fully saturated rings. The van der Waals surface area contributed by atoms with Crippen molar-refractivity contribution >= 4 is 17.7 Å². The van der Waals surface area contributed by atoms with Gasteiger partial charge in [-0.3, -0.25) is 9.59 Å². The van der Waals surface area contributed by atoms with E-state index in [2.05, 4.69) is 0 Å². The molecule has 5 heterocycles. The smallest absolute Gasteiger partial charge is 0.339 e. The summed E-state index contributed by atoms with van der Waals surface area (Å²) >= 11 is 0. The Hall–Kier alpha value is -2.23. The van der Waals surface area contributed by atoms with Crippen LogP contribution < -0.4 is 0 Å². The summed E-state index contributed by atoms with van der Waals surface area (Å²) in [6.45, 7) is 7.86. The average Bonchev–Trinajstić information content (AvgIpc) is 3.20. The molecule has 1 aromatic rings. The zero-order chi connectivity index (χ0) is 27.4. The second-order valence-electron chi connectivity index (χ2n) is 14.3. The molecule has 210 valence electrons. The van der Waals surface area contributed by atoms with Gasteiger partial charge in [-0.2, -0.15) is 0 Å². The van der Waals surface area contributed by atoms with E-state index >= 15 is 0 Å². The van der Waals surface area contributed by atoms with Gasteiger partial charge < -0.3 is 28.5 Å². The monoisotopic (exact) mass is 540 g/mol. The molecule has 0 unspecified atom stereocenters. The first-order valence-corrected chi connectivity index (χ1v) is 14.4. The summed E-state index contributed by atoms with van der Waals surface area (Å²) in [5, 5.41) is 12.1. The van der Waals surface area contributed by atoms with Gasteiger partial charge in [0.25, 0.3) is 0 Å². The van der Waals surface area contributed by atoms with E-state index in [-0.39, 0.29) is 24.3 Å². The predicted octanol–water partition coefficient (Wildman–Crippen LogP) is 3.28. The normalized spacial score (nSPS) is 52.2. The third-order valence-corrected chi connectivity index (χ3v) is 12.6. The van der Waals surface area contributed by atoms with E-state index in [4.69, 9.17) is 23.4 Å². The molecular formula is C30H36O9. The van der Waals surface area contributed by atoms with Crippen molar-refractivity contribution in [1.29, 1.82) is 0 Å². The summed E-state index contributed by atoms with van der Waals surface area (Å²) in [5.74, 6) is -1.95. The van der Waals surface area contributed by atoms with Gasteiger partial charge in [0.2, 0.25) is 0 Å². The van der Waals surface area contributed by atoms with Crippen LogP contribution in [0.25, 0.3) is 0 Å². The van der Waals surface area contributed by atoms with Crippen LogP contribution in [0.3, 0.4) is 0 Å². The van der Waals surface area contributed by atoms with Crippen molar-refractivity contribution in [1.82, 2.24) is 0 Å². The minimum atomic E-state index is -1.38. The maximum Gasteiger partial charge on any atom is 0.339 e. The molecule has 9 nitrogen and oxygen atoms in total. The number of ketones is 1. The summed E-state index contributed by atoms with van der Waals surface area (Å²) in [6.07, 6.45) is 4.14.